The van der Waals surface area contributed by atoms with Gasteiger partial charge < -0.3 is 10.6 Å². The van der Waals surface area contributed by atoms with Crippen LogP contribution < -0.4 is 10.6 Å². The number of hydrogen-bond donors (Lipinski definition) is 2. The van der Waals surface area contributed by atoms with E-state index in [0.717, 1.165) is 35.3 Å². The second-order valence-corrected chi connectivity index (χ2v) is 8.38. The number of amides is 1. The summed E-state index contributed by atoms with van der Waals surface area (Å²) in [5.74, 6) is 0.740. The van der Waals surface area contributed by atoms with Crippen molar-refractivity contribution in [2.75, 3.05) is 13.1 Å². The molecule has 0 unspecified atom stereocenters. The van der Waals surface area contributed by atoms with Gasteiger partial charge in [0.05, 0.1) is 17.1 Å². The van der Waals surface area contributed by atoms with Gasteiger partial charge in [-0.25, -0.2) is 0 Å². The van der Waals surface area contributed by atoms with Gasteiger partial charge in [-0.3, -0.25) is 4.79 Å². The van der Waals surface area contributed by atoms with Crippen LogP contribution in [-0.4, -0.2) is 34.3 Å². The summed E-state index contributed by atoms with van der Waals surface area (Å²) >= 11 is 12.9. The van der Waals surface area contributed by atoms with E-state index in [1.165, 1.54) is 17.0 Å². The molecular weight excluding hydrogens is 407 g/mol. The quantitative estimate of drug-likeness (QED) is 0.491. The zero-order chi connectivity index (χ0) is 20.2. The molecule has 2 N–H and O–H groups in total. The summed E-state index contributed by atoms with van der Waals surface area (Å²) in [6.45, 7) is 1.33. The minimum atomic E-state index is -0.298. The largest absolute Gasteiger partial charge is 0.350 e. The van der Waals surface area contributed by atoms with Gasteiger partial charge in [0.1, 0.15) is 0 Å². The highest BCUT2D eigenvalue weighted by molar-refractivity contribution is 6.21. The Bertz CT molecular complexity index is 971. The van der Waals surface area contributed by atoms with Crippen LogP contribution in [0.4, 0.5) is 0 Å². The topological polar surface area (TPSA) is 59.0 Å². The summed E-state index contributed by atoms with van der Waals surface area (Å²) in [5, 5.41) is 11.3. The average molecular weight is 431 g/mol. The molecule has 3 aromatic rings. The third kappa shape index (κ3) is 5.10. The summed E-state index contributed by atoms with van der Waals surface area (Å²) in [6.07, 6.45) is 5.51. The van der Waals surface area contributed by atoms with Crippen molar-refractivity contribution in [2.45, 2.75) is 30.7 Å². The summed E-state index contributed by atoms with van der Waals surface area (Å²) < 4.78 is 1.33. The fourth-order valence-corrected chi connectivity index (χ4v) is 3.99. The lowest BCUT2D eigenvalue weighted by Crippen LogP contribution is -2.44. The van der Waals surface area contributed by atoms with Gasteiger partial charge in [-0.2, -0.15) is 9.30 Å². The van der Waals surface area contributed by atoms with E-state index < -0.39 is 0 Å². The van der Waals surface area contributed by atoms with Crippen LogP contribution in [0.2, 0.25) is 0 Å². The molecule has 4 rings (SSSR count). The molecule has 1 fully saturated rings. The molecule has 0 radical (unpaired) electrons. The predicted octanol–water partition coefficient (Wildman–Crippen LogP) is 4.51. The Morgan fingerprint density at radius 2 is 2.00 bits per heavy atom. The van der Waals surface area contributed by atoms with Crippen molar-refractivity contribution >= 4 is 40.2 Å². The molecule has 0 bridgehead atoms. The number of fused-ring (bicyclic) bond motifs is 1. The Labute approximate surface area is 180 Å². The number of nitrogens with zero attached hydrogens (tertiary/aromatic N) is 2. The first kappa shape index (κ1) is 20.2. The number of alkyl halides is 1. The van der Waals surface area contributed by atoms with Crippen LogP contribution in [-0.2, 0) is 0 Å². The lowest BCUT2D eigenvalue weighted by molar-refractivity contribution is 0.0949. The van der Waals surface area contributed by atoms with Gasteiger partial charge in [0, 0.05) is 35.3 Å². The maximum Gasteiger partial charge on any atom is 0.251 e. The number of rotatable bonds is 9. The lowest BCUT2D eigenvalue weighted by atomic mass is 10.0. The van der Waals surface area contributed by atoms with Gasteiger partial charge in [-0.05, 0) is 48.7 Å². The van der Waals surface area contributed by atoms with Gasteiger partial charge in [0.15, 0.2) is 0 Å². The van der Waals surface area contributed by atoms with Gasteiger partial charge in [-0.15, -0.1) is 11.6 Å². The average Bonchev–Trinajstić information content (AvgIpc) is 3.51. The first-order valence-electron chi connectivity index (χ1n) is 9.96. The van der Waals surface area contributed by atoms with Crippen molar-refractivity contribution in [3.63, 3.8) is 0 Å². The number of carbonyl (C=O) groups excluding carboxylic acids is 1. The van der Waals surface area contributed by atoms with Crippen LogP contribution in [0, 0.1) is 5.92 Å². The summed E-state index contributed by atoms with van der Waals surface area (Å²) in [5.41, 5.74) is 2.46. The van der Waals surface area contributed by atoms with E-state index in [0.29, 0.717) is 12.1 Å². The van der Waals surface area contributed by atoms with Gasteiger partial charge in [0.25, 0.3) is 5.91 Å². The van der Waals surface area contributed by atoms with Crippen molar-refractivity contribution < 1.29 is 4.79 Å². The standard InChI is InChI=1S/C22H24Cl2N4O/c23-21(17-8-9-20-18(12-17)13-27-28(20)24)19(25-11-10-15-6-7-15)14-26-22(29)16-4-2-1-3-5-16/h1-5,8-9,12-13,15,19,21,25H,6-7,10-11,14H2,(H,26,29)/t19-,21-/m0/s1. The second kappa shape index (κ2) is 9.16. The van der Waals surface area contributed by atoms with E-state index in [4.69, 9.17) is 23.4 Å². The van der Waals surface area contributed by atoms with E-state index in [1.54, 1.807) is 18.3 Å². The van der Waals surface area contributed by atoms with E-state index in [1.807, 2.05) is 36.4 Å². The second-order valence-electron chi connectivity index (χ2n) is 7.59. The zero-order valence-corrected chi connectivity index (χ0v) is 17.5. The smallest absolute Gasteiger partial charge is 0.251 e. The molecule has 0 spiro atoms. The Morgan fingerprint density at radius 1 is 1.21 bits per heavy atom. The van der Waals surface area contributed by atoms with Crippen LogP contribution >= 0.6 is 23.4 Å². The molecule has 2 atom stereocenters. The van der Waals surface area contributed by atoms with Crippen LogP contribution in [0.3, 0.4) is 0 Å². The first-order chi connectivity index (χ1) is 14.1. The number of halogens is 2. The minimum absolute atomic E-state index is 0.0911. The molecule has 0 saturated heterocycles. The van der Waals surface area contributed by atoms with Crippen molar-refractivity contribution in [1.82, 2.24) is 19.9 Å². The number of benzene rings is 2. The number of nitrogens with one attached hydrogen (secondary N) is 2. The van der Waals surface area contributed by atoms with E-state index in [2.05, 4.69) is 15.7 Å². The molecule has 1 aliphatic carbocycles. The van der Waals surface area contributed by atoms with Crippen LogP contribution in [0.5, 0.6) is 0 Å². The third-order valence-corrected chi connectivity index (χ3v) is 6.22. The van der Waals surface area contributed by atoms with Crippen molar-refractivity contribution in [3.8, 4) is 0 Å². The molecule has 1 aromatic heterocycles. The highest BCUT2D eigenvalue weighted by Gasteiger charge is 2.25. The van der Waals surface area contributed by atoms with Crippen molar-refractivity contribution in [2.24, 2.45) is 5.92 Å². The van der Waals surface area contributed by atoms with Gasteiger partial charge >= 0.3 is 0 Å². The molecule has 1 aliphatic rings. The summed E-state index contributed by atoms with van der Waals surface area (Å²) in [6, 6.07) is 15.0. The molecule has 1 saturated carbocycles. The summed E-state index contributed by atoms with van der Waals surface area (Å²) in [7, 11) is 0. The first-order valence-corrected chi connectivity index (χ1v) is 10.7. The van der Waals surface area contributed by atoms with E-state index in [9.17, 15) is 4.79 Å². The predicted molar refractivity (Wildman–Crippen MR) is 117 cm³/mol. The van der Waals surface area contributed by atoms with Gasteiger partial charge in [0.2, 0.25) is 0 Å². The Morgan fingerprint density at radius 3 is 2.76 bits per heavy atom. The molecule has 152 valence electrons. The fourth-order valence-electron chi connectivity index (χ4n) is 3.48. The Hall–Kier alpha value is -2.08. The number of carbonyl (C=O) groups is 1. The van der Waals surface area contributed by atoms with E-state index >= 15 is 0 Å². The SMILES string of the molecule is O=C(NC[C@H](NCCC1CC1)[C@@H](Cl)c1ccc2c(cnn2Cl)c1)c1ccccc1. The summed E-state index contributed by atoms with van der Waals surface area (Å²) in [4.78, 5) is 12.5. The van der Waals surface area contributed by atoms with Crippen LogP contribution in [0.25, 0.3) is 10.9 Å². The Balaban J connectivity index is 1.45. The number of hydrogen-bond acceptors (Lipinski definition) is 3. The van der Waals surface area contributed by atoms with Crippen molar-refractivity contribution in [1.29, 1.82) is 0 Å². The molecule has 5 nitrogen and oxygen atoms in total. The zero-order valence-electron chi connectivity index (χ0n) is 16.0. The minimum Gasteiger partial charge on any atom is -0.350 e. The maximum absolute atomic E-state index is 12.5. The molecule has 7 heteroatoms. The molecular formula is C22H24Cl2N4O. The molecule has 2 aromatic carbocycles. The highest BCUT2D eigenvalue weighted by atomic mass is 35.5. The third-order valence-electron chi connectivity index (χ3n) is 5.39. The normalized spacial score (nSPS) is 15.9. The van der Waals surface area contributed by atoms with E-state index in [-0.39, 0.29) is 17.3 Å². The lowest BCUT2D eigenvalue weighted by Gasteiger charge is -2.25. The van der Waals surface area contributed by atoms with Crippen LogP contribution in [0.1, 0.15) is 40.6 Å². The van der Waals surface area contributed by atoms with Gasteiger partial charge in [-0.1, -0.05) is 37.1 Å². The Kier molecular flexibility index (Phi) is 6.38. The molecule has 1 amide bonds. The highest BCUT2D eigenvalue weighted by Crippen LogP contribution is 2.32. The molecule has 1 heterocycles. The monoisotopic (exact) mass is 430 g/mol. The van der Waals surface area contributed by atoms with Crippen molar-refractivity contribution in [3.05, 3.63) is 65.9 Å². The molecule has 29 heavy (non-hydrogen) atoms. The number of aromatic nitrogens is 2. The molecule has 0 aliphatic heterocycles. The maximum atomic E-state index is 12.5. The van der Waals surface area contributed by atoms with Crippen LogP contribution in [0.15, 0.2) is 54.7 Å². The fraction of sp³-hybridized carbons (Fsp3) is 0.364.